The van der Waals surface area contributed by atoms with E-state index in [1.165, 1.54) is 30.3 Å². The molecular weight excluding hydrogens is 457 g/mol. The molecule has 0 unspecified atom stereocenters. The lowest BCUT2D eigenvalue weighted by Gasteiger charge is -2.19. The second-order valence-electron chi connectivity index (χ2n) is 8.74. The summed E-state index contributed by atoms with van der Waals surface area (Å²) < 4.78 is 13.0. The van der Waals surface area contributed by atoms with Crippen LogP contribution in [0.25, 0.3) is 6.08 Å². The van der Waals surface area contributed by atoms with Gasteiger partial charge in [0.05, 0.1) is 11.4 Å². The van der Waals surface area contributed by atoms with Crippen molar-refractivity contribution in [3.05, 3.63) is 75.9 Å². The monoisotopic (exact) mass is 483 g/mol. The number of benzene rings is 2. The van der Waals surface area contributed by atoms with Gasteiger partial charge in [0, 0.05) is 18.7 Å². The van der Waals surface area contributed by atoms with Gasteiger partial charge >= 0.3 is 0 Å². The summed E-state index contributed by atoms with van der Waals surface area (Å²) in [4.78, 5) is 50.3. The quantitative estimate of drug-likeness (QED) is 0.586. The third-order valence-corrected chi connectivity index (χ3v) is 6.03. The number of carbonyl (C=O) groups is 4. The number of nitrogens with one attached hydrogen (secondary N) is 2. The van der Waals surface area contributed by atoms with Gasteiger partial charge in [0.25, 0.3) is 17.1 Å². The Balaban J connectivity index is 1.44. The number of rotatable bonds is 7. The Morgan fingerprint density at radius 1 is 1.00 bits per heavy atom. The van der Waals surface area contributed by atoms with Crippen LogP contribution in [0.4, 0.5) is 9.18 Å². The summed E-state index contributed by atoms with van der Waals surface area (Å²) in [5, 5.41) is 4.70. The highest BCUT2D eigenvalue weighted by molar-refractivity contribution is 8.18. The van der Waals surface area contributed by atoms with Crippen molar-refractivity contribution in [2.75, 3.05) is 19.6 Å². The minimum absolute atomic E-state index is 0.000619. The fraction of sp³-hybridized carbons (Fsp3) is 0.280. The zero-order valence-electron chi connectivity index (χ0n) is 19.2. The molecule has 7 nitrogen and oxygen atoms in total. The highest BCUT2D eigenvalue weighted by atomic mass is 32.2. The highest BCUT2D eigenvalue weighted by Gasteiger charge is 2.34. The molecule has 2 N–H and O–H groups in total. The fourth-order valence-electron chi connectivity index (χ4n) is 3.16. The minimum Gasteiger partial charge on any atom is -0.353 e. The number of carbonyl (C=O) groups excluding carboxylic acids is 4. The van der Waals surface area contributed by atoms with E-state index >= 15 is 0 Å². The molecule has 4 amide bonds. The molecule has 2 aromatic carbocycles. The van der Waals surface area contributed by atoms with Crippen LogP contribution in [-0.2, 0) is 15.0 Å². The van der Waals surface area contributed by atoms with E-state index in [2.05, 4.69) is 31.4 Å². The van der Waals surface area contributed by atoms with E-state index < -0.39 is 22.9 Å². The zero-order valence-corrected chi connectivity index (χ0v) is 20.0. The van der Waals surface area contributed by atoms with Crippen molar-refractivity contribution < 1.29 is 23.6 Å². The third kappa shape index (κ3) is 6.54. The predicted octanol–water partition coefficient (Wildman–Crippen LogP) is 3.71. The molecule has 0 aliphatic carbocycles. The average Bonchev–Trinajstić information content (AvgIpc) is 3.05. The molecular formula is C25H26FN3O4S. The van der Waals surface area contributed by atoms with Crippen molar-refractivity contribution in [1.29, 1.82) is 0 Å². The Morgan fingerprint density at radius 3 is 2.26 bits per heavy atom. The number of amides is 4. The fourth-order valence-corrected chi connectivity index (χ4v) is 4.02. The van der Waals surface area contributed by atoms with Gasteiger partial charge in [-0.2, -0.15) is 0 Å². The molecule has 3 rings (SSSR count). The molecule has 1 saturated heterocycles. The molecule has 1 aliphatic rings. The molecule has 34 heavy (non-hydrogen) atoms. The Hall–Kier alpha value is -3.46. The van der Waals surface area contributed by atoms with Gasteiger partial charge in [-0.25, -0.2) is 4.39 Å². The third-order valence-electron chi connectivity index (χ3n) is 5.12. The van der Waals surface area contributed by atoms with Crippen molar-refractivity contribution in [3.8, 4) is 0 Å². The Bertz CT molecular complexity index is 1120. The summed E-state index contributed by atoms with van der Waals surface area (Å²) in [6.45, 7) is 6.06. The normalized spacial score (nSPS) is 15.1. The number of hydrogen-bond acceptors (Lipinski definition) is 5. The number of imide groups is 1. The van der Waals surface area contributed by atoms with Gasteiger partial charge in [-0.1, -0.05) is 45.0 Å². The molecule has 0 bridgehead atoms. The summed E-state index contributed by atoms with van der Waals surface area (Å²) in [7, 11) is 0. The number of thioether (sulfide) groups is 1. The first kappa shape index (κ1) is 25.2. The summed E-state index contributed by atoms with van der Waals surface area (Å²) in [5.74, 6) is -1.67. The molecule has 2 aromatic rings. The number of nitrogens with zero attached hydrogens (tertiary/aromatic N) is 1. The van der Waals surface area contributed by atoms with Crippen molar-refractivity contribution in [2.45, 2.75) is 26.2 Å². The van der Waals surface area contributed by atoms with E-state index in [1.54, 1.807) is 12.1 Å². The van der Waals surface area contributed by atoms with Crippen LogP contribution in [-0.4, -0.2) is 47.5 Å². The van der Waals surface area contributed by atoms with Crippen molar-refractivity contribution in [3.63, 3.8) is 0 Å². The van der Waals surface area contributed by atoms with E-state index in [-0.39, 0.29) is 35.9 Å². The molecule has 1 heterocycles. The van der Waals surface area contributed by atoms with Gasteiger partial charge in [0.15, 0.2) is 0 Å². The maximum Gasteiger partial charge on any atom is 0.293 e. The molecule has 9 heteroatoms. The van der Waals surface area contributed by atoms with Crippen LogP contribution < -0.4 is 10.6 Å². The largest absolute Gasteiger partial charge is 0.353 e. The maximum absolute atomic E-state index is 13.0. The van der Waals surface area contributed by atoms with Crippen LogP contribution in [0.3, 0.4) is 0 Å². The maximum atomic E-state index is 13.0. The summed E-state index contributed by atoms with van der Waals surface area (Å²) in [5.41, 5.74) is 2.13. The van der Waals surface area contributed by atoms with Gasteiger partial charge in [0.2, 0.25) is 5.91 Å². The van der Waals surface area contributed by atoms with E-state index in [0.717, 1.165) is 22.2 Å². The van der Waals surface area contributed by atoms with Crippen LogP contribution in [0.2, 0.25) is 0 Å². The van der Waals surface area contributed by atoms with Crippen LogP contribution >= 0.6 is 11.8 Å². The average molecular weight is 484 g/mol. The topological polar surface area (TPSA) is 95.6 Å². The summed E-state index contributed by atoms with van der Waals surface area (Å²) >= 11 is 0.789. The van der Waals surface area contributed by atoms with Crippen LogP contribution in [0, 0.1) is 5.82 Å². The van der Waals surface area contributed by atoms with E-state index in [1.807, 2.05) is 12.1 Å². The van der Waals surface area contributed by atoms with E-state index in [4.69, 9.17) is 0 Å². The molecule has 0 radical (unpaired) electrons. The van der Waals surface area contributed by atoms with E-state index in [0.29, 0.717) is 11.1 Å². The molecule has 1 aliphatic heterocycles. The first-order chi connectivity index (χ1) is 16.0. The lowest BCUT2D eigenvalue weighted by atomic mass is 9.87. The van der Waals surface area contributed by atoms with Crippen LogP contribution in [0.15, 0.2) is 53.4 Å². The molecule has 0 atom stereocenters. The Kier molecular flexibility index (Phi) is 7.88. The lowest BCUT2D eigenvalue weighted by molar-refractivity contribution is -0.124. The van der Waals surface area contributed by atoms with Crippen molar-refractivity contribution in [2.24, 2.45) is 0 Å². The van der Waals surface area contributed by atoms with Gasteiger partial charge in [0.1, 0.15) is 5.82 Å². The Labute approximate surface area is 201 Å². The second kappa shape index (κ2) is 10.6. The molecule has 0 aromatic heterocycles. The van der Waals surface area contributed by atoms with Gasteiger partial charge in [-0.05, 0) is 58.6 Å². The number of halogens is 1. The van der Waals surface area contributed by atoms with Gasteiger partial charge in [-0.3, -0.25) is 24.1 Å². The smallest absolute Gasteiger partial charge is 0.293 e. The van der Waals surface area contributed by atoms with Gasteiger partial charge < -0.3 is 10.6 Å². The first-order valence-electron chi connectivity index (χ1n) is 10.7. The highest BCUT2D eigenvalue weighted by Crippen LogP contribution is 2.31. The Morgan fingerprint density at radius 2 is 1.65 bits per heavy atom. The van der Waals surface area contributed by atoms with Crippen LogP contribution in [0.1, 0.15) is 42.3 Å². The standard InChI is InChI=1S/C25H26FN3O4S/c1-25(2,3)18-8-6-17(7-9-18)22(31)28-15-21(30)27-12-13-29-23(32)20(34-24(29)33)14-16-4-10-19(26)11-5-16/h4-11,14H,12-13,15H2,1-3H3,(H,27,30)(H,28,31)/b20-14+. The molecule has 1 fully saturated rings. The summed E-state index contributed by atoms with van der Waals surface area (Å²) in [6, 6.07) is 12.8. The predicted molar refractivity (Wildman–Crippen MR) is 130 cm³/mol. The van der Waals surface area contributed by atoms with Crippen LogP contribution in [0.5, 0.6) is 0 Å². The SMILES string of the molecule is CC(C)(C)c1ccc(C(=O)NCC(=O)NCCN2C(=O)S/C(=C/c3ccc(F)cc3)C2=O)cc1. The molecule has 0 saturated carbocycles. The zero-order chi connectivity index (χ0) is 24.9. The number of hydrogen-bond donors (Lipinski definition) is 2. The first-order valence-corrected chi connectivity index (χ1v) is 11.5. The minimum atomic E-state index is -0.472. The van der Waals surface area contributed by atoms with Crippen molar-refractivity contribution in [1.82, 2.24) is 15.5 Å². The lowest BCUT2D eigenvalue weighted by Crippen LogP contribution is -2.41. The van der Waals surface area contributed by atoms with E-state index in [9.17, 15) is 23.6 Å². The van der Waals surface area contributed by atoms with Gasteiger partial charge in [-0.15, -0.1) is 0 Å². The summed E-state index contributed by atoms with van der Waals surface area (Å²) in [6.07, 6.45) is 1.52. The second-order valence-corrected chi connectivity index (χ2v) is 9.74. The molecule has 178 valence electrons. The molecule has 0 spiro atoms. The van der Waals surface area contributed by atoms with Crippen molar-refractivity contribution >= 4 is 40.8 Å².